The number of nitrogens with one attached hydrogen (secondary N) is 1. The molecule has 1 saturated heterocycles. The van der Waals surface area contributed by atoms with Crippen LogP contribution in [0.4, 0.5) is 0 Å². The molecule has 1 amide bonds. The number of cyclic esters (lactones) is 1. The minimum atomic E-state index is -1.11. The standard InChI is InChI=1S/C35H43N5O5/c1-25-15-16-27(21-26(25)2)11-6-4-10-20-43-32(33-35(42)45-24-44-33)34(41)40(23-31-36-38-39-37-31)19-9-3-5-12-28-17-18-29-13-7-8-14-30(29)22-28/h7-8,13-18,21-22,32-33H,3-6,9-12,19-20,23-24H2,1-2H3,(H,36,37,38,39)/t32-,33-/m1/s1. The van der Waals surface area contributed by atoms with Gasteiger partial charge in [-0.15, -0.1) is 10.2 Å². The summed E-state index contributed by atoms with van der Waals surface area (Å²) in [4.78, 5) is 28.0. The molecule has 4 aromatic rings. The van der Waals surface area contributed by atoms with E-state index in [4.69, 9.17) is 14.2 Å². The highest BCUT2D eigenvalue weighted by Gasteiger charge is 2.42. The number of carbonyl (C=O) groups excluding carboxylic acids is 2. The molecule has 0 spiro atoms. The van der Waals surface area contributed by atoms with E-state index < -0.39 is 18.2 Å². The van der Waals surface area contributed by atoms with Gasteiger partial charge in [0, 0.05) is 13.2 Å². The summed E-state index contributed by atoms with van der Waals surface area (Å²) in [6.45, 7) is 5.01. The molecule has 0 bridgehead atoms. The predicted molar refractivity (Wildman–Crippen MR) is 170 cm³/mol. The van der Waals surface area contributed by atoms with Crippen LogP contribution in [0.5, 0.6) is 0 Å². The Hall–Kier alpha value is -4.15. The van der Waals surface area contributed by atoms with Gasteiger partial charge in [0.2, 0.25) is 0 Å². The first-order chi connectivity index (χ1) is 22.0. The van der Waals surface area contributed by atoms with Gasteiger partial charge in [0.15, 0.2) is 24.8 Å². The Morgan fingerprint density at radius 3 is 2.42 bits per heavy atom. The van der Waals surface area contributed by atoms with Gasteiger partial charge in [0.25, 0.3) is 5.91 Å². The second-order valence-corrected chi connectivity index (χ2v) is 11.8. The van der Waals surface area contributed by atoms with Crippen molar-refractivity contribution in [3.63, 3.8) is 0 Å². The molecule has 1 aliphatic heterocycles. The van der Waals surface area contributed by atoms with Crippen LogP contribution in [0.1, 0.15) is 66.6 Å². The molecule has 238 valence electrons. The van der Waals surface area contributed by atoms with Crippen LogP contribution in [0, 0.1) is 13.8 Å². The summed E-state index contributed by atoms with van der Waals surface area (Å²) in [5.74, 6) is -0.536. The fourth-order valence-electron chi connectivity index (χ4n) is 5.66. The molecule has 45 heavy (non-hydrogen) atoms. The van der Waals surface area contributed by atoms with Crippen molar-refractivity contribution in [3.05, 3.63) is 88.7 Å². The van der Waals surface area contributed by atoms with Gasteiger partial charge in [0.05, 0.1) is 6.54 Å². The van der Waals surface area contributed by atoms with E-state index in [0.717, 1.165) is 51.4 Å². The minimum Gasteiger partial charge on any atom is -0.436 e. The number of tetrazole rings is 1. The monoisotopic (exact) mass is 613 g/mol. The van der Waals surface area contributed by atoms with Crippen LogP contribution in [0.2, 0.25) is 0 Å². The van der Waals surface area contributed by atoms with Gasteiger partial charge < -0.3 is 19.1 Å². The predicted octanol–water partition coefficient (Wildman–Crippen LogP) is 5.41. The second-order valence-electron chi connectivity index (χ2n) is 11.8. The molecule has 2 heterocycles. The van der Waals surface area contributed by atoms with Gasteiger partial charge in [-0.3, -0.25) is 4.79 Å². The lowest BCUT2D eigenvalue weighted by Gasteiger charge is -2.28. The molecule has 10 heteroatoms. The number of fused-ring (bicyclic) bond motifs is 1. The maximum Gasteiger partial charge on any atom is 0.340 e. The molecule has 10 nitrogen and oxygen atoms in total. The second kappa shape index (κ2) is 16.2. The third-order valence-corrected chi connectivity index (χ3v) is 8.42. The largest absolute Gasteiger partial charge is 0.436 e. The number of aromatic nitrogens is 4. The van der Waals surface area contributed by atoms with Gasteiger partial charge in [0.1, 0.15) is 0 Å². The number of hydrogen-bond acceptors (Lipinski definition) is 8. The molecule has 2 atom stereocenters. The number of ether oxygens (including phenoxy) is 3. The van der Waals surface area contributed by atoms with Crippen molar-refractivity contribution in [3.8, 4) is 0 Å². The number of hydrogen-bond donors (Lipinski definition) is 1. The third-order valence-electron chi connectivity index (χ3n) is 8.42. The number of aryl methyl sites for hydroxylation is 4. The van der Waals surface area contributed by atoms with E-state index in [-0.39, 0.29) is 19.2 Å². The van der Waals surface area contributed by atoms with Crippen LogP contribution >= 0.6 is 0 Å². The first kappa shape index (κ1) is 32.2. The number of amides is 1. The highest BCUT2D eigenvalue weighted by atomic mass is 16.7. The number of H-pyrrole nitrogens is 1. The molecule has 1 aliphatic rings. The fraction of sp³-hybridized carbons (Fsp3) is 0.457. The lowest BCUT2D eigenvalue weighted by Crippen LogP contribution is -2.48. The summed E-state index contributed by atoms with van der Waals surface area (Å²) in [7, 11) is 0. The normalized spacial score (nSPS) is 15.3. The summed E-state index contributed by atoms with van der Waals surface area (Å²) in [5, 5.41) is 16.7. The number of rotatable bonds is 17. The van der Waals surface area contributed by atoms with Crippen LogP contribution in [0.15, 0.2) is 60.7 Å². The molecule has 1 fully saturated rings. The Kier molecular flexibility index (Phi) is 11.6. The Labute approximate surface area is 264 Å². The Balaban J connectivity index is 1.14. The smallest absolute Gasteiger partial charge is 0.340 e. The first-order valence-corrected chi connectivity index (χ1v) is 15.9. The number of carbonyl (C=O) groups is 2. The van der Waals surface area contributed by atoms with Gasteiger partial charge in [-0.2, -0.15) is 5.21 Å². The van der Waals surface area contributed by atoms with Gasteiger partial charge in [-0.25, -0.2) is 4.79 Å². The van der Waals surface area contributed by atoms with Crippen molar-refractivity contribution >= 4 is 22.6 Å². The number of benzene rings is 3. The number of aromatic amines is 1. The first-order valence-electron chi connectivity index (χ1n) is 15.9. The van der Waals surface area contributed by atoms with Crippen molar-refractivity contribution in [1.29, 1.82) is 0 Å². The van der Waals surface area contributed by atoms with Gasteiger partial charge in [-0.05, 0) is 85.4 Å². The Morgan fingerprint density at radius 1 is 0.933 bits per heavy atom. The van der Waals surface area contributed by atoms with E-state index in [1.54, 1.807) is 4.90 Å². The van der Waals surface area contributed by atoms with E-state index >= 15 is 0 Å². The van der Waals surface area contributed by atoms with Crippen LogP contribution in [0.3, 0.4) is 0 Å². The van der Waals surface area contributed by atoms with Crippen molar-refractivity contribution in [2.75, 3.05) is 19.9 Å². The topological polar surface area (TPSA) is 120 Å². The summed E-state index contributed by atoms with van der Waals surface area (Å²) < 4.78 is 16.6. The van der Waals surface area contributed by atoms with E-state index in [0.29, 0.717) is 19.0 Å². The average Bonchev–Trinajstić information content (AvgIpc) is 3.73. The molecule has 3 aromatic carbocycles. The maximum absolute atomic E-state index is 13.9. The zero-order chi connectivity index (χ0) is 31.4. The van der Waals surface area contributed by atoms with Crippen molar-refractivity contribution in [1.82, 2.24) is 25.5 Å². The molecular weight excluding hydrogens is 570 g/mol. The number of nitrogens with zero attached hydrogens (tertiary/aromatic N) is 4. The third kappa shape index (κ3) is 9.18. The summed E-state index contributed by atoms with van der Waals surface area (Å²) in [5.41, 5.74) is 5.22. The van der Waals surface area contributed by atoms with Crippen molar-refractivity contribution in [2.45, 2.75) is 84.0 Å². The van der Waals surface area contributed by atoms with E-state index in [1.165, 1.54) is 33.0 Å². The summed E-state index contributed by atoms with van der Waals surface area (Å²) in [6.07, 6.45) is 5.14. The van der Waals surface area contributed by atoms with Crippen LogP contribution in [0.25, 0.3) is 10.8 Å². The molecule has 0 radical (unpaired) electrons. The minimum absolute atomic E-state index is 0.150. The zero-order valence-corrected chi connectivity index (χ0v) is 26.2. The quantitative estimate of drug-likeness (QED) is 0.124. The van der Waals surface area contributed by atoms with Crippen LogP contribution in [-0.2, 0) is 43.2 Å². The van der Waals surface area contributed by atoms with Crippen LogP contribution in [-0.4, -0.2) is 69.6 Å². The molecule has 0 aliphatic carbocycles. The maximum atomic E-state index is 13.9. The van der Waals surface area contributed by atoms with Gasteiger partial charge in [-0.1, -0.05) is 78.7 Å². The molecule has 0 unspecified atom stereocenters. The van der Waals surface area contributed by atoms with E-state index in [2.05, 4.69) is 95.1 Å². The highest BCUT2D eigenvalue weighted by Crippen LogP contribution is 2.20. The van der Waals surface area contributed by atoms with Crippen molar-refractivity contribution in [2.24, 2.45) is 0 Å². The number of esters is 1. The molecule has 1 N–H and O–H groups in total. The lowest BCUT2D eigenvalue weighted by molar-refractivity contribution is -0.158. The van der Waals surface area contributed by atoms with Gasteiger partial charge >= 0.3 is 5.97 Å². The lowest BCUT2D eigenvalue weighted by atomic mass is 10.0. The summed E-state index contributed by atoms with van der Waals surface area (Å²) in [6, 6.07) is 21.5. The fourth-order valence-corrected chi connectivity index (χ4v) is 5.66. The van der Waals surface area contributed by atoms with Crippen molar-refractivity contribution < 1.29 is 23.8 Å². The molecule has 1 aromatic heterocycles. The molecule has 0 saturated carbocycles. The van der Waals surface area contributed by atoms with E-state index in [1.807, 2.05) is 0 Å². The van der Waals surface area contributed by atoms with Crippen LogP contribution < -0.4 is 0 Å². The zero-order valence-electron chi connectivity index (χ0n) is 26.2. The SMILES string of the molecule is Cc1ccc(CCCCCO[C@@H](C(=O)N(CCCCCc2ccc3ccccc3c2)Cc2nn[nH]n2)[C@H]2OCOC2=O)cc1C. The molecular formula is C35H43N5O5. The summed E-state index contributed by atoms with van der Waals surface area (Å²) >= 11 is 0. The Morgan fingerprint density at radius 2 is 1.69 bits per heavy atom. The highest BCUT2D eigenvalue weighted by molar-refractivity contribution is 5.89. The molecule has 5 rings (SSSR count). The van der Waals surface area contributed by atoms with E-state index in [9.17, 15) is 9.59 Å². The number of unbranched alkanes of at least 4 members (excludes halogenated alkanes) is 4. The average molecular weight is 614 g/mol. The Bertz CT molecular complexity index is 1540.